The molecule has 0 aromatic heterocycles. The minimum Gasteiger partial charge on any atom is -0.341 e. The lowest BCUT2D eigenvalue weighted by atomic mass is 9.91. The maximum absolute atomic E-state index is 12.4. The number of nitrogens with one attached hydrogen (secondary N) is 1. The summed E-state index contributed by atoms with van der Waals surface area (Å²) in [4.78, 5) is 39.2. The van der Waals surface area contributed by atoms with Gasteiger partial charge in [0.2, 0.25) is 5.91 Å². The first kappa shape index (κ1) is 14.8. The molecule has 2 heterocycles. The Morgan fingerprint density at radius 3 is 2.45 bits per heavy atom. The molecule has 2 aliphatic heterocycles. The highest BCUT2D eigenvalue weighted by Crippen LogP contribution is 2.25. The zero-order valence-corrected chi connectivity index (χ0v) is 12.4. The molecule has 0 aliphatic carbocycles. The van der Waals surface area contributed by atoms with Crippen LogP contribution in [0, 0.1) is 5.92 Å². The van der Waals surface area contributed by atoms with Crippen LogP contribution in [-0.4, -0.2) is 52.8 Å². The highest BCUT2D eigenvalue weighted by atomic mass is 16.2. The summed E-state index contributed by atoms with van der Waals surface area (Å²) in [7, 11) is 0. The van der Waals surface area contributed by atoms with Crippen molar-refractivity contribution in [1.29, 1.82) is 0 Å². The fraction of sp³-hybridized carbons (Fsp3) is 0.786. The predicted molar refractivity (Wildman–Crippen MR) is 73.9 cm³/mol. The Kier molecular flexibility index (Phi) is 4.01. The van der Waals surface area contributed by atoms with Gasteiger partial charge < -0.3 is 10.2 Å². The quantitative estimate of drug-likeness (QED) is 0.780. The minimum atomic E-state index is -0.878. The van der Waals surface area contributed by atoms with Crippen molar-refractivity contribution in [3.63, 3.8) is 0 Å². The van der Waals surface area contributed by atoms with E-state index in [0.29, 0.717) is 12.3 Å². The van der Waals surface area contributed by atoms with Crippen LogP contribution in [0.25, 0.3) is 0 Å². The Morgan fingerprint density at radius 2 is 1.90 bits per heavy atom. The van der Waals surface area contributed by atoms with Gasteiger partial charge in [0, 0.05) is 13.1 Å². The summed E-state index contributed by atoms with van der Waals surface area (Å²) < 4.78 is 0. The lowest BCUT2D eigenvalue weighted by Crippen LogP contribution is -2.46. The van der Waals surface area contributed by atoms with E-state index in [4.69, 9.17) is 0 Å². The van der Waals surface area contributed by atoms with E-state index in [9.17, 15) is 14.4 Å². The van der Waals surface area contributed by atoms with E-state index in [1.807, 2.05) is 13.8 Å². The van der Waals surface area contributed by atoms with Crippen molar-refractivity contribution in [2.75, 3.05) is 19.6 Å². The van der Waals surface area contributed by atoms with Crippen molar-refractivity contribution in [3.05, 3.63) is 0 Å². The van der Waals surface area contributed by atoms with Gasteiger partial charge in [0.25, 0.3) is 5.91 Å². The summed E-state index contributed by atoms with van der Waals surface area (Å²) in [6.45, 7) is 7.05. The average Bonchev–Trinajstić information content (AvgIpc) is 2.92. The average molecular weight is 281 g/mol. The molecule has 1 unspecified atom stereocenters. The molecule has 2 aliphatic rings. The van der Waals surface area contributed by atoms with Gasteiger partial charge in [0.1, 0.15) is 12.1 Å². The van der Waals surface area contributed by atoms with Crippen molar-refractivity contribution in [2.45, 2.75) is 45.6 Å². The molecule has 0 aromatic carbocycles. The molecule has 112 valence electrons. The lowest BCUT2D eigenvalue weighted by molar-refractivity contribution is -0.138. The Labute approximate surface area is 119 Å². The van der Waals surface area contributed by atoms with E-state index < -0.39 is 11.6 Å². The second-order valence-corrected chi connectivity index (χ2v) is 6.34. The van der Waals surface area contributed by atoms with Gasteiger partial charge in [0.05, 0.1) is 0 Å². The van der Waals surface area contributed by atoms with Crippen LogP contribution in [0.15, 0.2) is 0 Å². The number of carbonyl (C=O) groups excluding carboxylic acids is 3. The largest absolute Gasteiger partial charge is 0.341 e. The van der Waals surface area contributed by atoms with Crippen LogP contribution in [0.4, 0.5) is 4.79 Å². The lowest BCUT2D eigenvalue weighted by Gasteiger charge is -2.24. The number of likely N-dealkylation sites (tertiary alicyclic amines) is 1. The van der Waals surface area contributed by atoms with Gasteiger partial charge in [-0.15, -0.1) is 0 Å². The number of hydrogen-bond donors (Lipinski definition) is 1. The van der Waals surface area contributed by atoms with E-state index in [1.54, 1.807) is 11.8 Å². The Morgan fingerprint density at radius 1 is 1.30 bits per heavy atom. The van der Waals surface area contributed by atoms with E-state index >= 15 is 0 Å². The van der Waals surface area contributed by atoms with Gasteiger partial charge in [0.15, 0.2) is 0 Å². The number of imide groups is 1. The zero-order chi connectivity index (χ0) is 14.9. The molecular formula is C14H23N3O3. The van der Waals surface area contributed by atoms with Crippen LogP contribution in [0.2, 0.25) is 0 Å². The molecule has 0 spiro atoms. The first-order valence-electron chi connectivity index (χ1n) is 7.25. The highest BCUT2D eigenvalue weighted by molar-refractivity contribution is 6.08. The summed E-state index contributed by atoms with van der Waals surface area (Å²) in [5.41, 5.74) is -0.878. The summed E-state index contributed by atoms with van der Waals surface area (Å²) in [6.07, 6.45) is 2.57. The molecule has 0 radical (unpaired) electrons. The molecule has 1 atom stereocenters. The van der Waals surface area contributed by atoms with E-state index in [1.165, 1.54) is 0 Å². The van der Waals surface area contributed by atoms with Gasteiger partial charge in [-0.25, -0.2) is 4.79 Å². The van der Waals surface area contributed by atoms with Gasteiger partial charge >= 0.3 is 6.03 Å². The second kappa shape index (κ2) is 5.42. The van der Waals surface area contributed by atoms with E-state index in [0.717, 1.165) is 30.8 Å². The van der Waals surface area contributed by atoms with Crippen LogP contribution < -0.4 is 5.32 Å². The van der Waals surface area contributed by atoms with Gasteiger partial charge in [-0.1, -0.05) is 13.8 Å². The summed E-state index contributed by atoms with van der Waals surface area (Å²) in [5, 5.41) is 2.72. The minimum absolute atomic E-state index is 0.139. The van der Waals surface area contributed by atoms with Crippen LogP contribution in [0.5, 0.6) is 0 Å². The Hall–Kier alpha value is -1.59. The number of nitrogens with zero attached hydrogens (tertiary/aromatic N) is 2. The molecule has 0 bridgehead atoms. The van der Waals surface area contributed by atoms with Crippen LogP contribution in [0.1, 0.15) is 40.0 Å². The fourth-order valence-corrected chi connectivity index (χ4v) is 3.05. The van der Waals surface area contributed by atoms with Gasteiger partial charge in [-0.05, 0) is 32.1 Å². The molecule has 2 saturated heterocycles. The number of rotatable bonds is 4. The molecule has 0 saturated carbocycles. The number of hydrogen-bond acceptors (Lipinski definition) is 3. The third-order valence-corrected chi connectivity index (χ3v) is 3.91. The molecule has 2 fully saturated rings. The van der Waals surface area contributed by atoms with Gasteiger partial charge in [-0.2, -0.15) is 0 Å². The molecule has 1 N–H and O–H groups in total. The van der Waals surface area contributed by atoms with Crippen molar-refractivity contribution in [3.8, 4) is 0 Å². The molecule has 20 heavy (non-hydrogen) atoms. The van der Waals surface area contributed by atoms with Gasteiger partial charge in [-0.3, -0.25) is 14.5 Å². The van der Waals surface area contributed by atoms with Crippen molar-refractivity contribution >= 4 is 17.8 Å². The van der Waals surface area contributed by atoms with E-state index in [-0.39, 0.29) is 18.4 Å². The highest BCUT2D eigenvalue weighted by Gasteiger charge is 2.48. The fourth-order valence-electron chi connectivity index (χ4n) is 3.05. The van der Waals surface area contributed by atoms with Crippen molar-refractivity contribution in [2.24, 2.45) is 5.92 Å². The first-order chi connectivity index (χ1) is 9.33. The molecule has 6 heteroatoms. The second-order valence-electron chi connectivity index (χ2n) is 6.34. The summed E-state index contributed by atoms with van der Waals surface area (Å²) >= 11 is 0. The number of carbonyl (C=O) groups is 3. The zero-order valence-electron chi connectivity index (χ0n) is 12.4. The van der Waals surface area contributed by atoms with Crippen LogP contribution in [0.3, 0.4) is 0 Å². The monoisotopic (exact) mass is 281 g/mol. The Balaban J connectivity index is 2.03. The number of urea groups is 1. The molecule has 2 rings (SSSR count). The smallest absolute Gasteiger partial charge is 0.325 e. The molecule has 6 nitrogen and oxygen atoms in total. The Bertz CT molecular complexity index is 429. The standard InChI is InChI=1S/C14H23N3O3/c1-10(2)8-14(3)12(19)17(13(20)15-14)9-11(18)16-6-4-5-7-16/h10H,4-9H2,1-3H3,(H,15,20). The van der Waals surface area contributed by atoms with Crippen molar-refractivity contribution < 1.29 is 14.4 Å². The number of amides is 4. The van der Waals surface area contributed by atoms with Crippen LogP contribution in [-0.2, 0) is 9.59 Å². The summed E-state index contributed by atoms with van der Waals surface area (Å²) in [5.74, 6) is -0.137. The topological polar surface area (TPSA) is 69.7 Å². The first-order valence-corrected chi connectivity index (χ1v) is 7.25. The molecular weight excluding hydrogens is 258 g/mol. The maximum Gasteiger partial charge on any atom is 0.325 e. The summed E-state index contributed by atoms with van der Waals surface area (Å²) in [6, 6.07) is -0.453. The van der Waals surface area contributed by atoms with Crippen molar-refractivity contribution in [1.82, 2.24) is 15.1 Å². The molecule has 0 aromatic rings. The third kappa shape index (κ3) is 2.78. The normalized spacial score (nSPS) is 26.6. The maximum atomic E-state index is 12.4. The van der Waals surface area contributed by atoms with Crippen LogP contribution >= 0.6 is 0 Å². The third-order valence-electron chi connectivity index (χ3n) is 3.91. The SMILES string of the molecule is CC(C)CC1(C)NC(=O)N(CC(=O)N2CCCC2)C1=O. The predicted octanol–water partition coefficient (Wildman–Crippen LogP) is 0.965. The molecule has 4 amide bonds. The van der Waals surface area contributed by atoms with E-state index in [2.05, 4.69) is 5.32 Å².